The summed E-state index contributed by atoms with van der Waals surface area (Å²) in [5, 5.41) is 0. The summed E-state index contributed by atoms with van der Waals surface area (Å²) in [5.41, 5.74) is 1.30. The molecule has 3 rings (SSSR count). The number of imide groups is 1. The summed E-state index contributed by atoms with van der Waals surface area (Å²) in [6, 6.07) is 10.5. The van der Waals surface area contributed by atoms with Crippen molar-refractivity contribution in [3.05, 3.63) is 64.7 Å². The van der Waals surface area contributed by atoms with E-state index in [4.69, 9.17) is 9.47 Å². The Labute approximate surface area is 193 Å². The molecule has 0 atom stereocenters. The number of fused-ring (bicyclic) bond motifs is 1. The highest BCUT2D eigenvalue weighted by atomic mass is 16.5. The lowest BCUT2D eigenvalue weighted by Crippen LogP contribution is -2.29. The van der Waals surface area contributed by atoms with Gasteiger partial charge in [-0.05, 0) is 55.3 Å². The number of ether oxygens (including phenoxy) is 2. The highest BCUT2D eigenvalue weighted by molar-refractivity contribution is 6.34. The molecule has 0 spiro atoms. The van der Waals surface area contributed by atoms with Crippen molar-refractivity contribution >= 4 is 29.4 Å². The number of hydrogen-bond donors (Lipinski definition) is 0. The van der Waals surface area contributed by atoms with Crippen LogP contribution >= 0.6 is 0 Å². The van der Waals surface area contributed by atoms with E-state index in [9.17, 15) is 19.2 Å². The summed E-state index contributed by atoms with van der Waals surface area (Å²) in [5.74, 6) is -1.96. The van der Waals surface area contributed by atoms with Gasteiger partial charge in [-0.2, -0.15) is 0 Å². The van der Waals surface area contributed by atoms with Gasteiger partial charge in [0.05, 0.1) is 41.2 Å². The summed E-state index contributed by atoms with van der Waals surface area (Å²) >= 11 is 0. The smallest absolute Gasteiger partial charge is 0.338 e. The zero-order valence-corrected chi connectivity index (χ0v) is 19.1. The van der Waals surface area contributed by atoms with Gasteiger partial charge < -0.3 is 9.47 Å². The summed E-state index contributed by atoms with van der Waals surface area (Å²) in [6.07, 6.45) is 5.60. The van der Waals surface area contributed by atoms with E-state index in [0.717, 1.165) is 43.4 Å². The molecule has 1 aliphatic rings. The standard InChI is InChI=1S/C26H29NO6/c1-3-5-7-15-32-25(30)18-9-12-20(13-10-18)27-23(28)21-14-11-19(17-22(21)24(27)29)26(31)33-16-8-6-4-2/h9-14,17H,3-8,15-16H2,1-2H3. The fourth-order valence-electron chi connectivity index (χ4n) is 3.55. The van der Waals surface area contributed by atoms with Gasteiger partial charge >= 0.3 is 11.9 Å². The molecule has 0 unspecified atom stereocenters. The molecule has 174 valence electrons. The third kappa shape index (κ3) is 5.66. The number of amides is 2. The molecule has 1 aliphatic heterocycles. The van der Waals surface area contributed by atoms with Crippen LogP contribution in [0.15, 0.2) is 42.5 Å². The molecule has 0 bridgehead atoms. The SMILES string of the molecule is CCCCCOC(=O)c1ccc(N2C(=O)c3ccc(C(=O)OCCCCC)cc3C2=O)cc1. The minimum absolute atomic E-state index is 0.155. The average Bonchev–Trinajstić information content (AvgIpc) is 3.08. The third-order valence-corrected chi connectivity index (χ3v) is 5.45. The van der Waals surface area contributed by atoms with Crippen LogP contribution < -0.4 is 4.90 Å². The van der Waals surface area contributed by atoms with Gasteiger partial charge in [0.15, 0.2) is 0 Å². The van der Waals surface area contributed by atoms with Crippen LogP contribution in [0.5, 0.6) is 0 Å². The molecule has 1 heterocycles. The van der Waals surface area contributed by atoms with Crippen LogP contribution in [-0.4, -0.2) is 37.0 Å². The molecule has 0 fully saturated rings. The number of carbonyl (C=O) groups is 4. The predicted molar refractivity (Wildman–Crippen MR) is 124 cm³/mol. The normalized spacial score (nSPS) is 12.6. The van der Waals surface area contributed by atoms with Crippen molar-refractivity contribution in [2.24, 2.45) is 0 Å². The van der Waals surface area contributed by atoms with Crippen molar-refractivity contribution in [1.82, 2.24) is 0 Å². The Kier molecular flexibility index (Phi) is 8.35. The van der Waals surface area contributed by atoms with Gasteiger partial charge in [0.1, 0.15) is 0 Å². The predicted octanol–water partition coefficient (Wildman–Crippen LogP) is 5.18. The fourth-order valence-corrected chi connectivity index (χ4v) is 3.55. The van der Waals surface area contributed by atoms with Gasteiger partial charge in [0, 0.05) is 0 Å². The van der Waals surface area contributed by atoms with E-state index >= 15 is 0 Å². The van der Waals surface area contributed by atoms with E-state index in [2.05, 4.69) is 13.8 Å². The molecule has 0 aromatic heterocycles. The molecule has 0 saturated carbocycles. The largest absolute Gasteiger partial charge is 0.462 e. The Bertz CT molecular complexity index is 1030. The molecule has 0 aliphatic carbocycles. The Hall–Kier alpha value is -3.48. The van der Waals surface area contributed by atoms with Crippen LogP contribution in [0.1, 0.15) is 93.8 Å². The maximum absolute atomic E-state index is 13.0. The van der Waals surface area contributed by atoms with Crippen molar-refractivity contribution in [1.29, 1.82) is 0 Å². The van der Waals surface area contributed by atoms with Gasteiger partial charge in [0.25, 0.3) is 11.8 Å². The van der Waals surface area contributed by atoms with E-state index in [1.165, 1.54) is 42.5 Å². The van der Waals surface area contributed by atoms with Gasteiger partial charge in [-0.15, -0.1) is 0 Å². The topological polar surface area (TPSA) is 90.0 Å². The van der Waals surface area contributed by atoms with Gasteiger partial charge in [-0.1, -0.05) is 39.5 Å². The summed E-state index contributed by atoms with van der Waals surface area (Å²) in [6.45, 7) is 4.80. The van der Waals surface area contributed by atoms with Crippen molar-refractivity contribution < 1.29 is 28.7 Å². The second-order valence-corrected chi connectivity index (χ2v) is 7.94. The summed E-state index contributed by atoms with van der Waals surface area (Å²) < 4.78 is 10.5. The first kappa shape index (κ1) is 24.2. The van der Waals surface area contributed by atoms with Crippen molar-refractivity contribution in [2.75, 3.05) is 18.1 Å². The molecule has 2 aromatic rings. The first-order chi connectivity index (χ1) is 16.0. The molecule has 0 saturated heterocycles. The molecule has 0 radical (unpaired) electrons. The van der Waals surface area contributed by atoms with Gasteiger partial charge in [-0.25, -0.2) is 14.5 Å². The zero-order valence-electron chi connectivity index (χ0n) is 19.1. The Balaban J connectivity index is 1.69. The summed E-state index contributed by atoms with van der Waals surface area (Å²) in [4.78, 5) is 51.3. The minimum Gasteiger partial charge on any atom is -0.462 e. The van der Waals surface area contributed by atoms with Crippen LogP contribution in [0.4, 0.5) is 5.69 Å². The van der Waals surface area contributed by atoms with E-state index in [1.54, 1.807) is 0 Å². The fraction of sp³-hybridized carbons (Fsp3) is 0.385. The molecular formula is C26H29NO6. The quantitative estimate of drug-likeness (QED) is 0.266. The molecule has 7 heteroatoms. The van der Waals surface area contributed by atoms with Gasteiger partial charge in [0.2, 0.25) is 0 Å². The van der Waals surface area contributed by atoms with E-state index < -0.39 is 23.8 Å². The Morgan fingerprint density at radius 3 is 1.79 bits per heavy atom. The first-order valence-electron chi connectivity index (χ1n) is 11.4. The second-order valence-electron chi connectivity index (χ2n) is 7.94. The number of anilines is 1. The second kappa shape index (κ2) is 11.4. The Morgan fingerprint density at radius 2 is 1.21 bits per heavy atom. The number of esters is 2. The van der Waals surface area contributed by atoms with Crippen molar-refractivity contribution in [2.45, 2.75) is 52.4 Å². The number of rotatable bonds is 11. The van der Waals surface area contributed by atoms with E-state index in [-0.39, 0.29) is 16.7 Å². The molecule has 2 amide bonds. The molecule has 33 heavy (non-hydrogen) atoms. The molecule has 2 aromatic carbocycles. The van der Waals surface area contributed by atoms with E-state index in [1.807, 2.05) is 0 Å². The van der Waals surface area contributed by atoms with Crippen molar-refractivity contribution in [3.63, 3.8) is 0 Å². The lowest BCUT2D eigenvalue weighted by atomic mass is 10.1. The van der Waals surface area contributed by atoms with Crippen molar-refractivity contribution in [3.8, 4) is 0 Å². The van der Waals surface area contributed by atoms with Crippen LogP contribution in [0.3, 0.4) is 0 Å². The molecule has 7 nitrogen and oxygen atoms in total. The summed E-state index contributed by atoms with van der Waals surface area (Å²) in [7, 11) is 0. The maximum atomic E-state index is 13.0. The van der Waals surface area contributed by atoms with Crippen LogP contribution in [0.2, 0.25) is 0 Å². The highest BCUT2D eigenvalue weighted by Gasteiger charge is 2.37. The molecule has 0 N–H and O–H groups in total. The van der Waals surface area contributed by atoms with Crippen LogP contribution in [0, 0.1) is 0 Å². The van der Waals surface area contributed by atoms with Gasteiger partial charge in [-0.3, -0.25) is 9.59 Å². The van der Waals surface area contributed by atoms with Crippen LogP contribution in [0.25, 0.3) is 0 Å². The lowest BCUT2D eigenvalue weighted by molar-refractivity contribution is 0.0489. The number of carbonyl (C=O) groups excluding carboxylic acids is 4. The number of unbranched alkanes of at least 4 members (excludes halogenated alkanes) is 4. The Morgan fingerprint density at radius 1 is 0.697 bits per heavy atom. The maximum Gasteiger partial charge on any atom is 0.338 e. The van der Waals surface area contributed by atoms with E-state index in [0.29, 0.717) is 24.5 Å². The minimum atomic E-state index is -0.523. The lowest BCUT2D eigenvalue weighted by Gasteiger charge is -2.14. The highest BCUT2D eigenvalue weighted by Crippen LogP contribution is 2.29. The average molecular weight is 452 g/mol. The monoisotopic (exact) mass is 451 g/mol. The molecular weight excluding hydrogens is 422 g/mol. The third-order valence-electron chi connectivity index (χ3n) is 5.45. The zero-order chi connectivity index (χ0) is 23.8. The number of hydrogen-bond acceptors (Lipinski definition) is 6. The number of benzene rings is 2. The van der Waals surface area contributed by atoms with Crippen LogP contribution in [-0.2, 0) is 9.47 Å². The first-order valence-corrected chi connectivity index (χ1v) is 11.4. The number of nitrogens with zero attached hydrogens (tertiary/aromatic N) is 1.